The molecule has 1 atom stereocenters. The minimum atomic E-state index is -0.293. The van der Waals surface area contributed by atoms with Crippen LogP contribution in [0.5, 0.6) is 0 Å². The zero-order valence-corrected chi connectivity index (χ0v) is 24.2. The highest BCUT2D eigenvalue weighted by molar-refractivity contribution is 5.88. The smallest absolute Gasteiger partial charge is 0.242 e. The molecule has 0 aliphatic carbocycles. The normalized spacial score (nSPS) is 11.8. The molecule has 2 amide bonds. The number of benzene rings is 3. The molecule has 4 aromatic rings. The van der Waals surface area contributed by atoms with Crippen LogP contribution in [0.15, 0.2) is 103 Å². The summed E-state index contributed by atoms with van der Waals surface area (Å²) in [5.41, 5.74) is 3.94. The van der Waals surface area contributed by atoms with Crippen LogP contribution in [0.1, 0.15) is 55.5 Å². The number of carbonyl (C=O) groups excluding carboxylic acids is 2. The van der Waals surface area contributed by atoms with E-state index < -0.39 is 0 Å². The summed E-state index contributed by atoms with van der Waals surface area (Å²) >= 11 is 0. The lowest BCUT2D eigenvalue weighted by atomic mass is 9.94. The van der Waals surface area contributed by atoms with Crippen LogP contribution in [0.2, 0.25) is 0 Å². The summed E-state index contributed by atoms with van der Waals surface area (Å²) in [4.78, 5) is 31.4. The Labute approximate surface area is 243 Å². The van der Waals surface area contributed by atoms with Gasteiger partial charge in [-0.25, -0.2) is 4.39 Å². The Morgan fingerprint density at radius 1 is 0.780 bits per heavy atom. The minimum Gasteiger partial charge on any atom is -0.345 e. The maximum Gasteiger partial charge on any atom is 0.242 e. The third-order valence-corrected chi connectivity index (χ3v) is 7.24. The summed E-state index contributed by atoms with van der Waals surface area (Å²) in [7, 11) is 0. The predicted octanol–water partition coefficient (Wildman–Crippen LogP) is 6.88. The van der Waals surface area contributed by atoms with Gasteiger partial charge >= 0.3 is 0 Å². The molecule has 0 bridgehead atoms. The monoisotopic (exact) mass is 553 g/mol. The van der Waals surface area contributed by atoms with Crippen LogP contribution in [0, 0.1) is 11.7 Å². The molecule has 4 rings (SSSR count). The summed E-state index contributed by atoms with van der Waals surface area (Å²) in [6.45, 7) is 8.07. The van der Waals surface area contributed by atoms with Crippen LogP contribution in [0.3, 0.4) is 0 Å². The first-order valence-corrected chi connectivity index (χ1v) is 14.4. The van der Waals surface area contributed by atoms with Crippen molar-refractivity contribution in [2.24, 2.45) is 5.92 Å². The number of halogens is 1. The lowest BCUT2D eigenvalue weighted by molar-refractivity contribution is -0.142. The minimum absolute atomic E-state index is 0.0138. The number of nitrogens with zero attached hydrogens (tertiary/aromatic N) is 3. The summed E-state index contributed by atoms with van der Waals surface area (Å²) in [6, 6.07) is 30.2. The average Bonchev–Trinajstić information content (AvgIpc) is 3.41. The zero-order chi connectivity index (χ0) is 29.2. The zero-order valence-electron chi connectivity index (χ0n) is 24.2. The standard InChI is InChI=1S/C35H40FN3O2/c1-4-33(30-14-9-6-10-15-30)35(41)39(22-27(2)3)26-34(40)38(24-28-12-7-5-8-13-28)25-32-16-11-21-37(32)23-29-17-19-31(36)20-18-29/h5-21,27,33H,4,22-26H2,1-3H3. The molecular weight excluding hydrogens is 513 g/mol. The molecule has 5 nitrogen and oxygen atoms in total. The van der Waals surface area contributed by atoms with Gasteiger partial charge in [-0.2, -0.15) is 0 Å². The van der Waals surface area contributed by atoms with Crippen LogP contribution >= 0.6 is 0 Å². The highest BCUT2D eigenvalue weighted by atomic mass is 19.1. The van der Waals surface area contributed by atoms with Crippen molar-refractivity contribution in [3.8, 4) is 0 Å². The van der Waals surface area contributed by atoms with E-state index in [0.29, 0.717) is 32.6 Å². The Bertz CT molecular complexity index is 1380. The van der Waals surface area contributed by atoms with Gasteiger partial charge in [0.05, 0.1) is 19.0 Å². The van der Waals surface area contributed by atoms with Crippen molar-refractivity contribution >= 4 is 11.8 Å². The second-order valence-corrected chi connectivity index (χ2v) is 11.0. The number of rotatable bonds is 13. The van der Waals surface area contributed by atoms with Crippen LogP contribution in [-0.2, 0) is 29.2 Å². The fourth-order valence-corrected chi connectivity index (χ4v) is 5.16. The molecule has 6 heteroatoms. The molecule has 0 aliphatic rings. The van der Waals surface area contributed by atoms with Crippen LogP contribution < -0.4 is 0 Å². The van der Waals surface area contributed by atoms with Gasteiger partial charge in [0.1, 0.15) is 5.82 Å². The fraction of sp³-hybridized carbons (Fsp3) is 0.314. The van der Waals surface area contributed by atoms with Gasteiger partial charge in [0.2, 0.25) is 11.8 Å². The lowest BCUT2D eigenvalue weighted by Crippen LogP contribution is -2.45. The third kappa shape index (κ3) is 8.40. The quantitative estimate of drug-likeness (QED) is 0.181. The second-order valence-electron chi connectivity index (χ2n) is 11.0. The van der Waals surface area contributed by atoms with Gasteiger partial charge in [-0.05, 0) is 53.3 Å². The number of hydrogen-bond donors (Lipinski definition) is 0. The number of amides is 2. The summed E-state index contributed by atoms with van der Waals surface area (Å²) in [5, 5.41) is 0. The Morgan fingerprint density at radius 2 is 1.44 bits per heavy atom. The van der Waals surface area contributed by atoms with Crippen LogP contribution in [0.4, 0.5) is 4.39 Å². The predicted molar refractivity (Wildman–Crippen MR) is 162 cm³/mol. The van der Waals surface area contributed by atoms with Crippen LogP contribution in [-0.4, -0.2) is 39.3 Å². The Kier molecular flexibility index (Phi) is 10.5. The Hall–Kier alpha value is -4.19. The van der Waals surface area contributed by atoms with E-state index >= 15 is 0 Å². The average molecular weight is 554 g/mol. The van der Waals surface area contributed by atoms with Gasteiger partial charge in [-0.3, -0.25) is 9.59 Å². The van der Waals surface area contributed by atoms with E-state index in [0.717, 1.165) is 22.4 Å². The summed E-state index contributed by atoms with van der Waals surface area (Å²) in [5.74, 6) is -0.451. The summed E-state index contributed by atoms with van der Waals surface area (Å²) < 4.78 is 15.5. The highest BCUT2D eigenvalue weighted by Gasteiger charge is 2.28. The number of carbonyl (C=O) groups is 2. The van der Waals surface area contributed by atoms with E-state index in [4.69, 9.17) is 0 Å². The van der Waals surface area contributed by atoms with Crippen molar-refractivity contribution in [3.05, 3.63) is 131 Å². The van der Waals surface area contributed by atoms with Crippen molar-refractivity contribution in [2.45, 2.75) is 52.7 Å². The number of hydrogen-bond acceptors (Lipinski definition) is 2. The first-order valence-electron chi connectivity index (χ1n) is 14.4. The van der Waals surface area contributed by atoms with Gasteiger partial charge in [0.25, 0.3) is 0 Å². The SMILES string of the molecule is CCC(C(=O)N(CC(=O)N(Cc1ccccc1)Cc1cccn1Cc1ccc(F)cc1)CC(C)C)c1ccccc1. The lowest BCUT2D eigenvalue weighted by Gasteiger charge is -2.31. The summed E-state index contributed by atoms with van der Waals surface area (Å²) in [6.07, 6.45) is 2.64. The third-order valence-electron chi connectivity index (χ3n) is 7.24. The molecule has 0 spiro atoms. The van der Waals surface area contributed by atoms with E-state index in [2.05, 4.69) is 18.4 Å². The highest BCUT2D eigenvalue weighted by Crippen LogP contribution is 2.23. The van der Waals surface area contributed by atoms with Gasteiger partial charge in [-0.1, -0.05) is 93.6 Å². The molecule has 41 heavy (non-hydrogen) atoms. The van der Waals surface area contributed by atoms with Crippen molar-refractivity contribution in [1.82, 2.24) is 14.4 Å². The topological polar surface area (TPSA) is 45.6 Å². The number of aromatic nitrogens is 1. The van der Waals surface area contributed by atoms with Crippen LogP contribution in [0.25, 0.3) is 0 Å². The van der Waals surface area contributed by atoms with Gasteiger partial charge < -0.3 is 14.4 Å². The Balaban J connectivity index is 1.57. The first-order chi connectivity index (χ1) is 19.8. The molecule has 3 aromatic carbocycles. The van der Waals surface area contributed by atoms with Crippen molar-refractivity contribution in [2.75, 3.05) is 13.1 Å². The van der Waals surface area contributed by atoms with Crippen molar-refractivity contribution in [1.29, 1.82) is 0 Å². The molecule has 0 saturated carbocycles. The molecule has 1 heterocycles. The van der Waals surface area contributed by atoms with Crippen molar-refractivity contribution in [3.63, 3.8) is 0 Å². The molecule has 1 aromatic heterocycles. The largest absolute Gasteiger partial charge is 0.345 e. The maximum atomic E-state index is 14.0. The molecule has 0 aliphatic heterocycles. The molecule has 0 N–H and O–H groups in total. The van der Waals surface area contributed by atoms with Crippen molar-refractivity contribution < 1.29 is 14.0 Å². The fourth-order valence-electron chi connectivity index (χ4n) is 5.16. The van der Waals surface area contributed by atoms with Gasteiger partial charge in [-0.15, -0.1) is 0 Å². The molecule has 0 fully saturated rings. The van der Waals surface area contributed by atoms with Gasteiger partial charge in [0, 0.05) is 31.5 Å². The van der Waals surface area contributed by atoms with E-state index in [1.807, 2.05) is 90.8 Å². The molecule has 1 unspecified atom stereocenters. The van der Waals surface area contributed by atoms with E-state index in [9.17, 15) is 14.0 Å². The molecular formula is C35H40FN3O2. The second kappa shape index (κ2) is 14.4. The Morgan fingerprint density at radius 3 is 2.07 bits per heavy atom. The van der Waals surface area contributed by atoms with Gasteiger partial charge in [0.15, 0.2) is 0 Å². The molecule has 0 radical (unpaired) electrons. The first kappa shape index (κ1) is 29.8. The molecule has 0 saturated heterocycles. The molecule has 214 valence electrons. The van der Waals surface area contributed by atoms with E-state index in [1.54, 1.807) is 17.0 Å². The maximum absolute atomic E-state index is 14.0. The van der Waals surface area contributed by atoms with E-state index in [1.165, 1.54) is 12.1 Å². The van der Waals surface area contributed by atoms with E-state index in [-0.39, 0.29) is 36.0 Å².